The van der Waals surface area contributed by atoms with E-state index in [2.05, 4.69) is 27.7 Å². The van der Waals surface area contributed by atoms with Crippen LogP contribution in [0.1, 0.15) is 79.8 Å². The van der Waals surface area contributed by atoms with Gasteiger partial charge in [-0.05, 0) is 68.9 Å². The zero-order valence-corrected chi connectivity index (χ0v) is 24.7. The normalized spacial score (nSPS) is 13.1. The van der Waals surface area contributed by atoms with Gasteiger partial charge in [0, 0.05) is 22.4 Å². The SMILES string of the molecule is CCC(C)C(=O)OCCC(C)(C)C(C)(C)COc1ccc2c(c1)cc(-c1ccc(C)cc1)c(=O)n2C(C)C. The highest BCUT2D eigenvalue weighted by molar-refractivity contribution is 5.85. The molecule has 0 bridgehead atoms. The number of carbonyl (C=O) groups is 1. The summed E-state index contributed by atoms with van der Waals surface area (Å²) < 4.78 is 13.7. The van der Waals surface area contributed by atoms with Crippen molar-refractivity contribution in [1.82, 2.24) is 4.57 Å². The lowest BCUT2D eigenvalue weighted by atomic mass is 9.66. The topological polar surface area (TPSA) is 57.5 Å². The van der Waals surface area contributed by atoms with Crippen LogP contribution in [0.3, 0.4) is 0 Å². The van der Waals surface area contributed by atoms with Crippen molar-refractivity contribution in [3.8, 4) is 16.9 Å². The van der Waals surface area contributed by atoms with Crippen LogP contribution in [0.15, 0.2) is 53.3 Å². The van der Waals surface area contributed by atoms with Gasteiger partial charge in [0.1, 0.15) is 5.75 Å². The molecule has 5 nitrogen and oxygen atoms in total. The predicted molar refractivity (Wildman–Crippen MR) is 157 cm³/mol. The van der Waals surface area contributed by atoms with Crippen LogP contribution in [-0.2, 0) is 9.53 Å². The molecule has 0 fully saturated rings. The van der Waals surface area contributed by atoms with Crippen LogP contribution in [0.2, 0.25) is 0 Å². The molecule has 1 heterocycles. The molecule has 0 saturated heterocycles. The van der Waals surface area contributed by atoms with Crippen molar-refractivity contribution in [1.29, 1.82) is 0 Å². The number of benzene rings is 2. The number of esters is 1. The Morgan fingerprint density at radius 2 is 1.61 bits per heavy atom. The van der Waals surface area contributed by atoms with Crippen molar-refractivity contribution in [3.63, 3.8) is 0 Å². The number of aromatic nitrogens is 1. The van der Waals surface area contributed by atoms with Gasteiger partial charge in [-0.25, -0.2) is 0 Å². The molecule has 0 radical (unpaired) electrons. The first-order valence-corrected chi connectivity index (χ1v) is 13.8. The molecule has 0 saturated carbocycles. The zero-order chi connectivity index (χ0) is 28.3. The van der Waals surface area contributed by atoms with Crippen molar-refractivity contribution in [2.75, 3.05) is 13.2 Å². The van der Waals surface area contributed by atoms with Gasteiger partial charge in [0.2, 0.25) is 0 Å². The highest BCUT2D eigenvalue weighted by Gasteiger charge is 2.38. The standard InChI is InChI=1S/C33H45NO4/c1-10-24(5)31(36)37-18-17-32(6,7)33(8,9)21-38-27-15-16-29-26(19-27)20-28(30(35)34(29)22(2)3)25-13-11-23(4)12-14-25/h11-16,19-20,22,24H,10,17-18,21H2,1-9H3. The fraction of sp³-hybridized carbons (Fsp3) is 0.515. The van der Waals surface area contributed by atoms with E-state index < -0.39 is 0 Å². The van der Waals surface area contributed by atoms with E-state index >= 15 is 0 Å². The van der Waals surface area contributed by atoms with Gasteiger partial charge in [-0.1, -0.05) is 71.4 Å². The fourth-order valence-electron chi connectivity index (χ4n) is 4.38. The molecule has 3 rings (SSSR count). The van der Waals surface area contributed by atoms with Gasteiger partial charge in [0.25, 0.3) is 5.56 Å². The summed E-state index contributed by atoms with van der Waals surface area (Å²) in [5, 5.41) is 0.973. The van der Waals surface area contributed by atoms with Crippen molar-refractivity contribution >= 4 is 16.9 Å². The Bertz CT molecular complexity index is 1320. The van der Waals surface area contributed by atoms with E-state index in [0.29, 0.717) is 18.8 Å². The summed E-state index contributed by atoms with van der Waals surface area (Å²) in [4.78, 5) is 25.5. The lowest BCUT2D eigenvalue weighted by molar-refractivity contribution is -0.149. The molecule has 2 aromatic carbocycles. The summed E-state index contributed by atoms with van der Waals surface area (Å²) in [7, 11) is 0. The molecule has 0 aliphatic rings. The molecule has 0 N–H and O–H groups in total. The minimum atomic E-state index is -0.172. The Morgan fingerprint density at radius 1 is 0.947 bits per heavy atom. The number of hydrogen-bond acceptors (Lipinski definition) is 4. The minimum absolute atomic E-state index is 0.0157. The summed E-state index contributed by atoms with van der Waals surface area (Å²) >= 11 is 0. The monoisotopic (exact) mass is 519 g/mol. The zero-order valence-electron chi connectivity index (χ0n) is 24.7. The number of aryl methyl sites for hydroxylation is 1. The highest BCUT2D eigenvalue weighted by atomic mass is 16.5. The second-order valence-corrected chi connectivity index (χ2v) is 12.2. The molecule has 0 spiro atoms. The number of ether oxygens (including phenoxy) is 2. The van der Waals surface area contributed by atoms with Gasteiger partial charge in [-0.3, -0.25) is 9.59 Å². The van der Waals surface area contributed by atoms with Gasteiger partial charge >= 0.3 is 5.97 Å². The van der Waals surface area contributed by atoms with Crippen LogP contribution >= 0.6 is 0 Å². The van der Waals surface area contributed by atoms with Crippen molar-refractivity contribution < 1.29 is 14.3 Å². The van der Waals surface area contributed by atoms with Crippen molar-refractivity contribution in [2.24, 2.45) is 16.7 Å². The van der Waals surface area contributed by atoms with Crippen LogP contribution in [0, 0.1) is 23.7 Å². The van der Waals surface area contributed by atoms with Crippen LogP contribution in [0.5, 0.6) is 5.75 Å². The lowest BCUT2D eigenvalue weighted by Crippen LogP contribution is -2.38. The van der Waals surface area contributed by atoms with E-state index in [-0.39, 0.29) is 34.3 Å². The molecule has 5 heteroatoms. The van der Waals surface area contributed by atoms with Crippen molar-refractivity contribution in [3.05, 3.63) is 64.4 Å². The molecule has 0 aliphatic heterocycles. The lowest BCUT2D eigenvalue weighted by Gasteiger charge is -2.41. The Hall–Kier alpha value is -3.08. The first-order valence-electron chi connectivity index (χ1n) is 13.8. The van der Waals surface area contributed by atoms with E-state index in [9.17, 15) is 9.59 Å². The second kappa shape index (κ2) is 11.8. The number of hydrogen-bond donors (Lipinski definition) is 0. The maximum absolute atomic E-state index is 13.4. The van der Waals surface area contributed by atoms with E-state index in [0.717, 1.165) is 40.6 Å². The van der Waals surface area contributed by atoms with E-state index in [1.54, 1.807) is 0 Å². The predicted octanol–water partition coefficient (Wildman–Crippen LogP) is 7.97. The maximum Gasteiger partial charge on any atom is 0.308 e. The molecule has 38 heavy (non-hydrogen) atoms. The average molecular weight is 520 g/mol. The number of carbonyl (C=O) groups excluding carboxylic acids is 1. The molecule has 0 amide bonds. The van der Waals surface area contributed by atoms with Gasteiger partial charge in [-0.15, -0.1) is 0 Å². The van der Waals surface area contributed by atoms with Gasteiger partial charge in [-0.2, -0.15) is 0 Å². The Kier molecular flexibility index (Phi) is 9.12. The average Bonchev–Trinajstić information content (AvgIpc) is 2.86. The molecular weight excluding hydrogens is 474 g/mol. The highest BCUT2D eigenvalue weighted by Crippen LogP contribution is 2.42. The molecule has 206 valence electrons. The van der Waals surface area contributed by atoms with Crippen molar-refractivity contribution in [2.45, 2.75) is 81.2 Å². The third kappa shape index (κ3) is 6.48. The summed E-state index contributed by atoms with van der Waals surface area (Å²) in [5.41, 5.74) is 3.40. The molecular formula is C33H45NO4. The molecule has 1 aromatic heterocycles. The second-order valence-electron chi connectivity index (χ2n) is 12.2. The summed E-state index contributed by atoms with van der Waals surface area (Å²) in [5.74, 6) is 0.577. The summed E-state index contributed by atoms with van der Waals surface area (Å²) in [6, 6.07) is 16.1. The Morgan fingerprint density at radius 3 is 2.21 bits per heavy atom. The van der Waals surface area contributed by atoms with Crippen LogP contribution in [-0.4, -0.2) is 23.8 Å². The molecule has 1 atom stereocenters. The Labute approximate surface area is 228 Å². The number of pyridine rings is 1. The summed E-state index contributed by atoms with van der Waals surface area (Å²) in [6.45, 7) is 19.7. The van der Waals surface area contributed by atoms with Crippen LogP contribution in [0.25, 0.3) is 22.0 Å². The molecule has 3 aromatic rings. The smallest absolute Gasteiger partial charge is 0.308 e. The molecule has 1 unspecified atom stereocenters. The molecule has 0 aliphatic carbocycles. The quantitative estimate of drug-likeness (QED) is 0.241. The van der Waals surface area contributed by atoms with E-state index in [4.69, 9.17) is 9.47 Å². The van der Waals surface area contributed by atoms with E-state index in [1.807, 2.05) is 87.7 Å². The van der Waals surface area contributed by atoms with Crippen LogP contribution < -0.4 is 10.3 Å². The number of nitrogens with zero attached hydrogens (tertiary/aromatic N) is 1. The summed E-state index contributed by atoms with van der Waals surface area (Å²) in [6.07, 6.45) is 1.54. The number of fused-ring (bicyclic) bond motifs is 1. The third-order valence-corrected chi connectivity index (χ3v) is 8.30. The number of rotatable bonds is 11. The maximum atomic E-state index is 13.4. The minimum Gasteiger partial charge on any atom is -0.493 e. The van der Waals surface area contributed by atoms with Gasteiger partial charge in [0.05, 0.1) is 24.6 Å². The third-order valence-electron chi connectivity index (χ3n) is 8.30. The van der Waals surface area contributed by atoms with Crippen LogP contribution in [0.4, 0.5) is 0 Å². The fourth-order valence-corrected chi connectivity index (χ4v) is 4.38. The first-order chi connectivity index (χ1) is 17.8. The Balaban J connectivity index is 1.83. The first kappa shape index (κ1) is 29.5. The van der Waals surface area contributed by atoms with E-state index in [1.165, 1.54) is 0 Å². The van der Waals surface area contributed by atoms with Gasteiger partial charge < -0.3 is 14.0 Å². The van der Waals surface area contributed by atoms with Gasteiger partial charge in [0.15, 0.2) is 0 Å². The largest absolute Gasteiger partial charge is 0.493 e.